The van der Waals surface area contributed by atoms with Crippen molar-refractivity contribution in [3.05, 3.63) is 29.8 Å². The molecule has 3 aliphatic heterocycles. The summed E-state index contributed by atoms with van der Waals surface area (Å²) in [6, 6.07) is 4.71. The van der Waals surface area contributed by atoms with Crippen LogP contribution in [0.2, 0.25) is 0 Å². The molecule has 0 spiro atoms. The Balaban J connectivity index is 1.46. The molecule has 3 heterocycles. The van der Waals surface area contributed by atoms with E-state index in [0.717, 1.165) is 31.9 Å². The van der Waals surface area contributed by atoms with E-state index < -0.39 is 24.2 Å². The molecule has 3 fully saturated rings. The molecule has 3 N–H and O–H groups in total. The smallest absolute Gasteiger partial charge is 0.251 e. The SMILES string of the molecule is CCC(C)C(NC(C)=O)C(=O)N1CC(=O)C2C1CCN2C(=O)C(CC(C)C)NC(=O)c1ccc(N2CCNCC2)cc1. The first-order chi connectivity index (χ1) is 20.0. The normalized spacial score (nSPS) is 22.5. The number of hydrogen-bond acceptors (Lipinski definition) is 7. The first kappa shape index (κ1) is 31.5. The molecule has 11 heteroatoms. The third-order valence-electron chi connectivity index (χ3n) is 8.75. The summed E-state index contributed by atoms with van der Waals surface area (Å²) in [7, 11) is 0. The lowest BCUT2D eigenvalue weighted by Gasteiger charge is -2.31. The van der Waals surface area contributed by atoms with E-state index in [1.54, 1.807) is 21.9 Å². The average Bonchev–Trinajstić information content (AvgIpc) is 3.55. The van der Waals surface area contributed by atoms with E-state index in [1.807, 2.05) is 39.8 Å². The maximum Gasteiger partial charge on any atom is 0.251 e. The quantitative estimate of drug-likeness (QED) is 0.378. The molecule has 42 heavy (non-hydrogen) atoms. The summed E-state index contributed by atoms with van der Waals surface area (Å²) < 4.78 is 0. The van der Waals surface area contributed by atoms with E-state index in [9.17, 15) is 24.0 Å². The molecule has 3 aliphatic rings. The van der Waals surface area contributed by atoms with Crippen LogP contribution in [-0.4, -0.2) is 103 Å². The zero-order chi connectivity index (χ0) is 30.6. The molecule has 1 aromatic carbocycles. The Morgan fingerprint density at radius 3 is 2.21 bits per heavy atom. The highest BCUT2D eigenvalue weighted by Crippen LogP contribution is 2.32. The van der Waals surface area contributed by atoms with E-state index in [4.69, 9.17) is 0 Å². The largest absolute Gasteiger partial charge is 0.369 e. The zero-order valence-corrected chi connectivity index (χ0v) is 25.5. The first-order valence-corrected chi connectivity index (χ1v) is 15.3. The van der Waals surface area contributed by atoms with Crippen LogP contribution in [0.4, 0.5) is 5.69 Å². The van der Waals surface area contributed by atoms with Crippen molar-refractivity contribution in [1.82, 2.24) is 25.8 Å². The Kier molecular flexibility index (Phi) is 10.2. The third kappa shape index (κ3) is 6.94. The Morgan fingerprint density at radius 2 is 1.62 bits per heavy atom. The summed E-state index contributed by atoms with van der Waals surface area (Å²) in [5, 5.41) is 9.03. The van der Waals surface area contributed by atoms with Crippen LogP contribution in [-0.2, 0) is 19.2 Å². The molecule has 4 rings (SSSR count). The lowest BCUT2D eigenvalue weighted by Crippen LogP contribution is -2.54. The average molecular weight is 583 g/mol. The number of amides is 4. The molecule has 230 valence electrons. The summed E-state index contributed by atoms with van der Waals surface area (Å²) in [6.07, 6.45) is 1.58. The van der Waals surface area contributed by atoms with Crippen molar-refractivity contribution < 1.29 is 24.0 Å². The van der Waals surface area contributed by atoms with Crippen LogP contribution in [0.1, 0.15) is 64.2 Å². The van der Waals surface area contributed by atoms with E-state index in [0.29, 0.717) is 31.4 Å². The van der Waals surface area contributed by atoms with Crippen LogP contribution >= 0.6 is 0 Å². The summed E-state index contributed by atoms with van der Waals surface area (Å²) in [4.78, 5) is 71.2. The number of benzene rings is 1. The van der Waals surface area contributed by atoms with Gasteiger partial charge < -0.3 is 30.7 Å². The maximum absolute atomic E-state index is 13.9. The highest BCUT2D eigenvalue weighted by molar-refractivity contribution is 6.01. The second-order valence-electron chi connectivity index (χ2n) is 12.3. The first-order valence-electron chi connectivity index (χ1n) is 15.3. The minimum absolute atomic E-state index is 0.0922. The van der Waals surface area contributed by atoms with Gasteiger partial charge in [-0.05, 0) is 48.9 Å². The fraction of sp³-hybridized carbons (Fsp3) is 0.645. The predicted molar refractivity (Wildman–Crippen MR) is 160 cm³/mol. The Morgan fingerprint density at radius 1 is 0.952 bits per heavy atom. The third-order valence-corrected chi connectivity index (χ3v) is 8.75. The molecular formula is C31H46N6O5. The van der Waals surface area contributed by atoms with Gasteiger partial charge in [0.2, 0.25) is 17.7 Å². The van der Waals surface area contributed by atoms with Crippen molar-refractivity contribution in [2.24, 2.45) is 11.8 Å². The van der Waals surface area contributed by atoms with E-state index in [2.05, 4.69) is 20.9 Å². The molecule has 0 aliphatic carbocycles. The van der Waals surface area contributed by atoms with Crippen molar-refractivity contribution >= 4 is 35.1 Å². The number of fused-ring (bicyclic) bond motifs is 1. The van der Waals surface area contributed by atoms with E-state index in [-0.39, 0.29) is 47.8 Å². The second-order valence-corrected chi connectivity index (χ2v) is 12.3. The number of anilines is 1. The van der Waals surface area contributed by atoms with Crippen LogP contribution in [0.5, 0.6) is 0 Å². The molecular weight excluding hydrogens is 536 g/mol. The summed E-state index contributed by atoms with van der Waals surface area (Å²) >= 11 is 0. The van der Waals surface area contributed by atoms with Crippen LogP contribution < -0.4 is 20.9 Å². The fourth-order valence-corrected chi connectivity index (χ4v) is 6.32. The standard InChI is InChI=1S/C31H46N6O5/c1-6-20(4)27(33-21(5)38)31(42)37-18-26(39)28-25(37)11-14-36(28)30(41)24(17-19(2)3)34-29(40)22-7-9-23(10-8-22)35-15-12-32-13-16-35/h7-10,19-20,24-25,27-28,32H,6,11-18H2,1-5H3,(H,33,38)(H,34,40). The summed E-state index contributed by atoms with van der Waals surface area (Å²) in [5.41, 5.74) is 1.52. The number of likely N-dealkylation sites (tertiary alicyclic amines) is 2. The molecule has 5 atom stereocenters. The van der Waals surface area contributed by atoms with Crippen LogP contribution in [0.25, 0.3) is 0 Å². The number of carbonyl (C=O) groups is 5. The molecule has 11 nitrogen and oxygen atoms in total. The van der Waals surface area contributed by atoms with Gasteiger partial charge in [0.05, 0.1) is 12.6 Å². The number of nitrogens with one attached hydrogen (secondary N) is 3. The highest BCUT2D eigenvalue weighted by atomic mass is 16.2. The second kappa shape index (κ2) is 13.7. The minimum atomic E-state index is -0.797. The van der Waals surface area contributed by atoms with Gasteiger partial charge in [-0.3, -0.25) is 24.0 Å². The van der Waals surface area contributed by atoms with Gasteiger partial charge in [-0.1, -0.05) is 34.1 Å². The van der Waals surface area contributed by atoms with Crippen molar-refractivity contribution in [1.29, 1.82) is 0 Å². The van der Waals surface area contributed by atoms with Gasteiger partial charge in [-0.25, -0.2) is 0 Å². The molecule has 0 bridgehead atoms. The summed E-state index contributed by atoms with van der Waals surface area (Å²) in [5.74, 6) is -1.40. The van der Waals surface area contributed by atoms with Crippen molar-refractivity contribution in [3.63, 3.8) is 0 Å². The molecule has 3 saturated heterocycles. The fourth-order valence-electron chi connectivity index (χ4n) is 6.32. The van der Waals surface area contributed by atoms with Gasteiger partial charge in [0.25, 0.3) is 5.91 Å². The van der Waals surface area contributed by atoms with Gasteiger partial charge >= 0.3 is 0 Å². The van der Waals surface area contributed by atoms with E-state index in [1.165, 1.54) is 6.92 Å². The van der Waals surface area contributed by atoms with Gasteiger partial charge in [0.15, 0.2) is 5.78 Å². The Hall–Kier alpha value is -3.47. The zero-order valence-electron chi connectivity index (χ0n) is 25.5. The predicted octanol–water partition coefficient (Wildman–Crippen LogP) is 1.17. The number of piperazine rings is 1. The molecule has 1 aromatic rings. The Bertz CT molecular complexity index is 1160. The minimum Gasteiger partial charge on any atom is -0.369 e. The molecule has 0 radical (unpaired) electrons. The topological polar surface area (TPSA) is 131 Å². The van der Waals surface area contributed by atoms with Gasteiger partial charge in [0, 0.05) is 50.9 Å². The van der Waals surface area contributed by atoms with Gasteiger partial charge in [0.1, 0.15) is 18.1 Å². The van der Waals surface area contributed by atoms with Gasteiger partial charge in [-0.15, -0.1) is 0 Å². The molecule has 4 amide bonds. The summed E-state index contributed by atoms with van der Waals surface area (Å²) in [6.45, 7) is 13.1. The Labute approximate surface area is 248 Å². The van der Waals surface area contributed by atoms with Crippen LogP contribution in [0.3, 0.4) is 0 Å². The maximum atomic E-state index is 13.9. The number of carbonyl (C=O) groups excluding carboxylic acids is 5. The molecule has 0 saturated carbocycles. The number of nitrogens with zero attached hydrogens (tertiary/aromatic N) is 3. The lowest BCUT2D eigenvalue weighted by molar-refractivity contribution is -0.139. The monoisotopic (exact) mass is 582 g/mol. The number of ketones is 1. The highest BCUT2D eigenvalue weighted by Gasteiger charge is 2.53. The molecule has 5 unspecified atom stereocenters. The van der Waals surface area contributed by atoms with Crippen molar-refractivity contribution in [2.45, 2.75) is 78.0 Å². The van der Waals surface area contributed by atoms with Crippen molar-refractivity contribution in [2.75, 3.05) is 44.2 Å². The van der Waals surface area contributed by atoms with Crippen LogP contribution in [0, 0.1) is 11.8 Å². The number of rotatable bonds is 10. The number of hydrogen-bond donors (Lipinski definition) is 3. The lowest BCUT2D eigenvalue weighted by atomic mass is 9.97. The van der Waals surface area contributed by atoms with E-state index >= 15 is 0 Å². The number of Topliss-reactive ketones (excluding diaryl/α,β-unsaturated/α-hetero) is 1. The van der Waals surface area contributed by atoms with Crippen molar-refractivity contribution in [3.8, 4) is 0 Å². The van der Waals surface area contributed by atoms with Crippen LogP contribution in [0.15, 0.2) is 24.3 Å². The van der Waals surface area contributed by atoms with Gasteiger partial charge in [-0.2, -0.15) is 0 Å². The molecule has 0 aromatic heterocycles.